The first kappa shape index (κ1) is 15.9. The van der Waals surface area contributed by atoms with Crippen molar-refractivity contribution in [2.75, 3.05) is 18.5 Å². The Morgan fingerprint density at radius 1 is 1.19 bits per heavy atom. The van der Waals surface area contributed by atoms with Gasteiger partial charge in [0, 0.05) is 16.7 Å². The van der Waals surface area contributed by atoms with E-state index in [0.717, 1.165) is 22.3 Å². The van der Waals surface area contributed by atoms with E-state index >= 15 is 0 Å². The molecule has 0 spiro atoms. The molecule has 2 aromatic carbocycles. The normalized spacial score (nSPS) is 12.0. The molecule has 0 aliphatic carbocycles. The molecule has 0 saturated heterocycles. The third-order valence-corrected chi connectivity index (χ3v) is 3.66. The maximum atomic E-state index is 10.0. The molecule has 0 aromatic heterocycles. The van der Waals surface area contributed by atoms with Gasteiger partial charge in [0.1, 0.15) is 18.5 Å². The predicted molar refractivity (Wildman–Crippen MR) is 90.0 cm³/mol. The molecule has 1 unspecified atom stereocenters. The lowest BCUT2D eigenvalue weighted by molar-refractivity contribution is 0.117. The molecule has 0 radical (unpaired) electrons. The number of hydrogen-bond acceptors (Lipinski definition) is 3. The predicted octanol–water partition coefficient (Wildman–Crippen LogP) is 3.86. The van der Waals surface area contributed by atoms with Gasteiger partial charge in [0.2, 0.25) is 0 Å². The highest BCUT2D eigenvalue weighted by Gasteiger charge is 2.07. The minimum atomic E-state index is -0.561. The lowest BCUT2D eigenvalue weighted by Gasteiger charge is -2.16. The summed E-state index contributed by atoms with van der Waals surface area (Å²) < 4.78 is 6.54. The fourth-order valence-electron chi connectivity index (χ4n) is 2.04. The monoisotopic (exact) mass is 349 g/mol. The first-order chi connectivity index (χ1) is 10.2. The van der Waals surface area contributed by atoms with Crippen LogP contribution in [0, 0.1) is 0 Å². The highest BCUT2D eigenvalue weighted by Crippen LogP contribution is 2.18. The average molecular weight is 350 g/mol. The van der Waals surface area contributed by atoms with Crippen LogP contribution in [-0.4, -0.2) is 24.4 Å². The molecule has 2 rings (SSSR count). The molecule has 112 valence electrons. The fraction of sp³-hybridized carbons (Fsp3) is 0.294. The average Bonchev–Trinajstić information content (AvgIpc) is 2.51. The Morgan fingerprint density at radius 3 is 2.76 bits per heavy atom. The van der Waals surface area contributed by atoms with Gasteiger partial charge in [-0.15, -0.1) is 0 Å². The molecule has 1 atom stereocenters. The minimum Gasteiger partial charge on any atom is -0.491 e. The molecule has 0 fully saturated rings. The molecule has 0 aliphatic rings. The van der Waals surface area contributed by atoms with E-state index in [9.17, 15) is 5.11 Å². The summed E-state index contributed by atoms with van der Waals surface area (Å²) in [6, 6.07) is 15.7. The van der Waals surface area contributed by atoms with Crippen LogP contribution in [0.15, 0.2) is 53.0 Å². The van der Waals surface area contributed by atoms with Crippen molar-refractivity contribution in [2.24, 2.45) is 0 Å². The summed E-state index contributed by atoms with van der Waals surface area (Å²) >= 11 is 3.39. The summed E-state index contributed by atoms with van der Waals surface area (Å²) in [6.45, 7) is 2.84. The standard InChI is InChI=1S/C17H20BrNO2/c1-2-13-6-3-4-9-17(13)19-11-15(20)12-21-16-8-5-7-14(18)10-16/h3-10,15,19-20H,2,11-12H2,1H3. The van der Waals surface area contributed by atoms with E-state index in [1.807, 2.05) is 42.5 Å². The van der Waals surface area contributed by atoms with Crippen molar-refractivity contribution >= 4 is 21.6 Å². The quantitative estimate of drug-likeness (QED) is 0.797. The lowest BCUT2D eigenvalue weighted by Crippen LogP contribution is -2.26. The molecule has 2 aromatic rings. The van der Waals surface area contributed by atoms with Gasteiger partial charge >= 0.3 is 0 Å². The number of nitrogens with one attached hydrogen (secondary N) is 1. The first-order valence-corrected chi connectivity index (χ1v) is 7.86. The SMILES string of the molecule is CCc1ccccc1NCC(O)COc1cccc(Br)c1. The van der Waals surface area contributed by atoms with Gasteiger partial charge in [-0.25, -0.2) is 0 Å². The number of anilines is 1. The second-order valence-electron chi connectivity index (χ2n) is 4.81. The topological polar surface area (TPSA) is 41.5 Å². The molecule has 21 heavy (non-hydrogen) atoms. The third kappa shape index (κ3) is 5.06. The molecule has 0 aliphatic heterocycles. The molecule has 0 heterocycles. The van der Waals surface area contributed by atoms with Crippen LogP contribution in [0.1, 0.15) is 12.5 Å². The summed E-state index contributed by atoms with van der Waals surface area (Å²) in [6.07, 6.45) is 0.405. The molecular formula is C17H20BrNO2. The highest BCUT2D eigenvalue weighted by atomic mass is 79.9. The summed E-state index contributed by atoms with van der Waals surface area (Å²) in [5.41, 5.74) is 2.32. The maximum absolute atomic E-state index is 10.0. The summed E-state index contributed by atoms with van der Waals surface area (Å²) in [4.78, 5) is 0. The largest absolute Gasteiger partial charge is 0.491 e. The van der Waals surface area contributed by atoms with Crippen LogP contribution in [0.2, 0.25) is 0 Å². The van der Waals surface area contributed by atoms with Crippen LogP contribution in [0.25, 0.3) is 0 Å². The molecule has 0 amide bonds. The number of hydrogen-bond donors (Lipinski definition) is 2. The summed E-state index contributed by atoms with van der Waals surface area (Å²) in [7, 11) is 0. The van der Waals surface area contributed by atoms with Crippen molar-refractivity contribution < 1.29 is 9.84 Å². The Bertz CT molecular complexity index is 574. The molecule has 0 saturated carbocycles. The van der Waals surface area contributed by atoms with Crippen LogP contribution in [0.4, 0.5) is 5.69 Å². The van der Waals surface area contributed by atoms with Crippen molar-refractivity contribution in [1.82, 2.24) is 0 Å². The minimum absolute atomic E-state index is 0.262. The number of rotatable bonds is 7. The van der Waals surface area contributed by atoms with Crippen molar-refractivity contribution in [2.45, 2.75) is 19.4 Å². The van der Waals surface area contributed by atoms with E-state index in [1.165, 1.54) is 5.56 Å². The Morgan fingerprint density at radius 2 is 2.00 bits per heavy atom. The third-order valence-electron chi connectivity index (χ3n) is 3.16. The van der Waals surface area contributed by atoms with Gasteiger partial charge in [0.25, 0.3) is 0 Å². The van der Waals surface area contributed by atoms with E-state index in [0.29, 0.717) is 6.54 Å². The molecular weight excluding hydrogens is 330 g/mol. The van der Waals surface area contributed by atoms with Gasteiger partial charge < -0.3 is 15.2 Å². The second-order valence-corrected chi connectivity index (χ2v) is 5.73. The zero-order valence-electron chi connectivity index (χ0n) is 12.1. The zero-order valence-corrected chi connectivity index (χ0v) is 13.6. The zero-order chi connectivity index (χ0) is 15.1. The second kappa shape index (κ2) is 8.05. The Hall–Kier alpha value is -1.52. The molecule has 2 N–H and O–H groups in total. The van der Waals surface area contributed by atoms with Gasteiger partial charge in [0.15, 0.2) is 0 Å². The van der Waals surface area contributed by atoms with Gasteiger partial charge in [0.05, 0.1) is 0 Å². The number of benzene rings is 2. The number of halogens is 1. The van der Waals surface area contributed by atoms with E-state index in [1.54, 1.807) is 0 Å². The lowest BCUT2D eigenvalue weighted by atomic mass is 10.1. The van der Waals surface area contributed by atoms with Crippen LogP contribution in [0.3, 0.4) is 0 Å². The van der Waals surface area contributed by atoms with Crippen LogP contribution in [-0.2, 0) is 6.42 Å². The Balaban J connectivity index is 1.81. The van der Waals surface area contributed by atoms with Crippen molar-refractivity contribution in [3.63, 3.8) is 0 Å². The Labute approximate surface area is 134 Å². The summed E-state index contributed by atoms with van der Waals surface area (Å²) in [5.74, 6) is 0.748. The van der Waals surface area contributed by atoms with Gasteiger partial charge in [-0.05, 0) is 36.2 Å². The van der Waals surface area contributed by atoms with E-state index in [4.69, 9.17) is 4.74 Å². The smallest absolute Gasteiger partial charge is 0.120 e. The highest BCUT2D eigenvalue weighted by molar-refractivity contribution is 9.10. The van der Waals surface area contributed by atoms with Gasteiger partial charge in [-0.2, -0.15) is 0 Å². The van der Waals surface area contributed by atoms with Crippen LogP contribution >= 0.6 is 15.9 Å². The molecule has 4 heteroatoms. The maximum Gasteiger partial charge on any atom is 0.120 e. The van der Waals surface area contributed by atoms with E-state index < -0.39 is 6.10 Å². The number of aliphatic hydroxyl groups excluding tert-OH is 1. The van der Waals surface area contributed by atoms with Crippen LogP contribution < -0.4 is 10.1 Å². The van der Waals surface area contributed by atoms with Gasteiger partial charge in [-0.1, -0.05) is 47.1 Å². The van der Waals surface area contributed by atoms with Crippen molar-refractivity contribution in [3.8, 4) is 5.75 Å². The van der Waals surface area contributed by atoms with E-state index in [-0.39, 0.29) is 6.61 Å². The Kier molecular flexibility index (Phi) is 6.08. The number of aryl methyl sites for hydroxylation is 1. The number of para-hydroxylation sites is 1. The van der Waals surface area contributed by atoms with Crippen molar-refractivity contribution in [3.05, 3.63) is 58.6 Å². The number of aliphatic hydroxyl groups is 1. The van der Waals surface area contributed by atoms with E-state index in [2.05, 4.69) is 34.2 Å². The first-order valence-electron chi connectivity index (χ1n) is 7.07. The number of ether oxygens (including phenoxy) is 1. The van der Waals surface area contributed by atoms with Crippen LogP contribution in [0.5, 0.6) is 5.75 Å². The summed E-state index contributed by atoms with van der Waals surface area (Å²) in [5, 5.41) is 13.3. The molecule has 3 nitrogen and oxygen atoms in total. The molecule has 0 bridgehead atoms. The van der Waals surface area contributed by atoms with Gasteiger partial charge in [-0.3, -0.25) is 0 Å². The fourth-order valence-corrected chi connectivity index (χ4v) is 2.42. The van der Waals surface area contributed by atoms with Crippen molar-refractivity contribution in [1.29, 1.82) is 0 Å².